The van der Waals surface area contributed by atoms with Crippen LogP contribution in [-0.4, -0.2) is 58.9 Å². The first kappa shape index (κ1) is 20.0. The second kappa shape index (κ2) is 8.19. The van der Waals surface area contributed by atoms with Crippen molar-refractivity contribution < 1.29 is 12.9 Å². The molecule has 0 spiro atoms. The fourth-order valence-corrected chi connectivity index (χ4v) is 5.00. The average molecular weight is 434 g/mol. The van der Waals surface area contributed by atoms with Gasteiger partial charge in [-0.25, -0.2) is 8.42 Å². The van der Waals surface area contributed by atoms with Crippen LogP contribution in [-0.2, 0) is 10.0 Å². The first-order valence-corrected chi connectivity index (χ1v) is 11.0. The van der Waals surface area contributed by atoms with Crippen LogP contribution in [0.15, 0.2) is 58.2 Å². The van der Waals surface area contributed by atoms with Crippen molar-refractivity contribution in [2.24, 2.45) is 0 Å². The number of pyridine rings is 1. The van der Waals surface area contributed by atoms with Crippen LogP contribution in [0.5, 0.6) is 0 Å². The Kier molecular flexibility index (Phi) is 5.64. The maximum atomic E-state index is 12.8. The van der Waals surface area contributed by atoms with Gasteiger partial charge in [-0.2, -0.15) is 9.29 Å². The van der Waals surface area contributed by atoms with Crippen LogP contribution in [0.25, 0.3) is 11.4 Å². The Hall–Kier alpha value is -2.33. The van der Waals surface area contributed by atoms with Gasteiger partial charge in [-0.15, -0.1) is 0 Å². The molecule has 29 heavy (non-hydrogen) atoms. The van der Waals surface area contributed by atoms with E-state index in [9.17, 15) is 8.42 Å². The van der Waals surface area contributed by atoms with Gasteiger partial charge >= 0.3 is 0 Å². The van der Waals surface area contributed by atoms with Crippen LogP contribution in [0.1, 0.15) is 18.9 Å². The molecular formula is C19H20ClN5O3S. The van der Waals surface area contributed by atoms with Gasteiger partial charge in [-0.1, -0.05) is 22.8 Å². The summed E-state index contributed by atoms with van der Waals surface area (Å²) in [6, 6.07) is 9.90. The molecule has 0 N–H and O–H groups in total. The Labute approximate surface area is 174 Å². The summed E-state index contributed by atoms with van der Waals surface area (Å²) in [7, 11) is -3.57. The lowest BCUT2D eigenvalue weighted by Crippen LogP contribution is -2.49. The van der Waals surface area contributed by atoms with Crippen LogP contribution in [0, 0.1) is 0 Å². The van der Waals surface area contributed by atoms with Crippen molar-refractivity contribution >= 4 is 21.6 Å². The number of aromatic nitrogens is 3. The number of rotatable bonds is 5. The molecule has 0 amide bonds. The molecule has 10 heteroatoms. The molecule has 1 aliphatic heterocycles. The zero-order chi connectivity index (χ0) is 20.4. The van der Waals surface area contributed by atoms with Gasteiger partial charge in [-0.05, 0) is 37.3 Å². The highest BCUT2D eigenvalue weighted by Gasteiger charge is 2.32. The second-order valence-corrected chi connectivity index (χ2v) is 9.15. The van der Waals surface area contributed by atoms with Gasteiger partial charge in [0, 0.05) is 49.2 Å². The maximum absolute atomic E-state index is 12.8. The predicted molar refractivity (Wildman–Crippen MR) is 108 cm³/mol. The SMILES string of the molecule is CC(c1nc(-c2cccnc2)no1)N1CCN(S(=O)(=O)c2cccc(Cl)c2)CC1. The fraction of sp³-hybridized carbons (Fsp3) is 0.316. The molecule has 1 fully saturated rings. The summed E-state index contributed by atoms with van der Waals surface area (Å²) in [5.74, 6) is 0.983. The predicted octanol–water partition coefficient (Wildman–Crippen LogP) is 2.85. The summed E-state index contributed by atoms with van der Waals surface area (Å²) < 4.78 is 32.6. The van der Waals surface area contributed by atoms with Crippen molar-refractivity contribution in [1.82, 2.24) is 24.3 Å². The van der Waals surface area contributed by atoms with E-state index in [2.05, 4.69) is 20.0 Å². The van der Waals surface area contributed by atoms with E-state index >= 15 is 0 Å². The minimum Gasteiger partial charge on any atom is -0.337 e. The first-order valence-electron chi connectivity index (χ1n) is 9.19. The molecule has 0 bridgehead atoms. The zero-order valence-corrected chi connectivity index (χ0v) is 17.3. The lowest BCUT2D eigenvalue weighted by Gasteiger charge is -2.36. The quantitative estimate of drug-likeness (QED) is 0.610. The maximum Gasteiger partial charge on any atom is 0.244 e. The normalized spacial score (nSPS) is 17.3. The number of hydrogen-bond donors (Lipinski definition) is 0. The third kappa shape index (κ3) is 4.18. The lowest BCUT2D eigenvalue weighted by atomic mass is 10.2. The molecule has 1 atom stereocenters. The Morgan fingerprint density at radius 1 is 1.14 bits per heavy atom. The molecule has 0 aliphatic carbocycles. The molecule has 2 aromatic heterocycles. The topological polar surface area (TPSA) is 92.4 Å². The summed E-state index contributed by atoms with van der Waals surface area (Å²) in [6.45, 7) is 3.85. The van der Waals surface area contributed by atoms with Crippen molar-refractivity contribution in [2.75, 3.05) is 26.2 Å². The molecule has 4 rings (SSSR count). The Morgan fingerprint density at radius 2 is 1.93 bits per heavy atom. The van der Waals surface area contributed by atoms with E-state index in [1.165, 1.54) is 10.4 Å². The van der Waals surface area contributed by atoms with Gasteiger partial charge in [-0.3, -0.25) is 9.88 Å². The third-order valence-corrected chi connectivity index (χ3v) is 7.10. The van der Waals surface area contributed by atoms with Gasteiger partial charge < -0.3 is 4.52 Å². The highest BCUT2D eigenvalue weighted by molar-refractivity contribution is 7.89. The second-order valence-electron chi connectivity index (χ2n) is 6.77. The van der Waals surface area contributed by atoms with Gasteiger partial charge in [0.15, 0.2) is 0 Å². The smallest absolute Gasteiger partial charge is 0.244 e. The van der Waals surface area contributed by atoms with Crippen molar-refractivity contribution in [1.29, 1.82) is 0 Å². The highest BCUT2D eigenvalue weighted by atomic mass is 35.5. The van der Waals surface area contributed by atoms with Crippen molar-refractivity contribution in [3.63, 3.8) is 0 Å². The van der Waals surface area contributed by atoms with Crippen molar-refractivity contribution in [2.45, 2.75) is 17.9 Å². The number of hydrogen-bond acceptors (Lipinski definition) is 7. The summed E-state index contributed by atoms with van der Waals surface area (Å²) in [5.41, 5.74) is 0.784. The lowest BCUT2D eigenvalue weighted by molar-refractivity contribution is 0.124. The van der Waals surface area contributed by atoms with Crippen LogP contribution < -0.4 is 0 Å². The number of halogens is 1. The van der Waals surface area contributed by atoms with E-state index in [0.717, 1.165) is 5.56 Å². The van der Waals surface area contributed by atoms with Gasteiger partial charge in [0.25, 0.3) is 0 Å². The van der Waals surface area contributed by atoms with Gasteiger partial charge in [0.1, 0.15) is 0 Å². The van der Waals surface area contributed by atoms with Crippen molar-refractivity contribution in [3.05, 3.63) is 59.7 Å². The largest absolute Gasteiger partial charge is 0.337 e. The molecule has 152 valence electrons. The van der Waals surface area contributed by atoms with Crippen LogP contribution >= 0.6 is 11.6 Å². The third-order valence-electron chi connectivity index (χ3n) is 4.97. The summed E-state index contributed by atoms with van der Waals surface area (Å²) in [5, 5.41) is 4.43. The molecule has 1 saturated heterocycles. The molecular weight excluding hydrogens is 414 g/mol. The number of benzene rings is 1. The van der Waals surface area contributed by atoms with E-state index in [0.29, 0.717) is 42.9 Å². The molecule has 1 unspecified atom stereocenters. The van der Waals surface area contributed by atoms with Crippen molar-refractivity contribution in [3.8, 4) is 11.4 Å². The fourth-order valence-electron chi connectivity index (χ4n) is 3.28. The minimum atomic E-state index is -3.57. The molecule has 1 aromatic carbocycles. The molecule has 3 aromatic rings. The molecule has 1 aliphatic rings. The summed E-state index contributed by atoms with van der Waals surface area (Å²) >= 11 is 5.95. The number of sulfonamides is 1. The van der Waals surface area contributed by atoms with E-state index in [-0.39, 0.29) is 10.9 Å². The van der Waals surface area contributed by atoms with E-state index < -0.39 is 10.0 Å². The summed E-state index contributed by atoms with van der Waals surface area (Å²) in [4.78, 5) is 10.9. The molecule has 0 radical (unpaired) electrons. The van der Waals surface area contributed by atoms with Gasteiger partial charge in [0.2, 0.25) is 21.7 Å². The standard InChI is InChI=1S/C19H20ClN5O3S/c1-14(19-22-18(23-28-19)15-4-3-7-21-13-15)24-8-10-25(11-9-24)29(26,27)17-6-2-5-16(20)12-17/h2-7,12-14H,8-11H2,1H3. The zero-order valence-electron chi connectivity index (χ0n) is 15.8. The Bertz CT molecular complexity index is 1080. The molecule has 8 nitrogen and oxygen atoms in total. The Morgan fingerprint density at radius 3 is 2.62 bits per heavy atom. The van der Waals surface area contributed by atoms with Crippen LogP contribution in [0.4, 0.5) is 0 Å². The minimum absolute atomic E-state index is 0.121. The highest BCUT2D eigenvalue weighted by Crippen LogP contribution is 2.25. The van der Waals surface area contributed by atoms with E-state index in [1.807, 2.05) is 19.1 Å². The van der Waals surface area contributed by atoms with Crippen LogP contribution in [0.3, 0.4) is 0 Å². The Balaban J connectivity index is 1.43. The number of nitrogens with zero attached hydrogens (tertiary/aromatic N) is 5. The van der Waals surface area contributed by atoms with Gasteiger partial charge in [0.05, 0.1) is 10.9 Å². The number of piperazine rings is 1. The first-order chi connectivity index (χ1) is 13.9. The molecule has 0 saturated carbocycles. The molecule has 3 heterocycles. The average Bonchev–Trinajstić information content (AvgIpc) is 3.24. The summed E-state index contributed by atoms with van der Waals surface area (Å²) in [6.07, 6.45) is 3.36. The van der Waals surface area contributed by atoms with E-state index in [1.54, 1.807) is 30.6 Å². The monoisotopic (exact) mass is 433 g/mol. The van der Waals surface area contributed by atoms with Crippen LogP contribution in [0.2, 0.25) is 5.02 Å². The van der Waals surface area contributed by atoms with E-state index in [4.69, 9.17) is 16.1 Å².